The third kappa shape index (κ3) is 6.01. The summed E-state index contributed by atoms with van der Waals surface area (Å²) in [6.07, 6.45) is 16.7. The van der Waals surface area contributed by atoms with E-state index >= 15 is 4.39 Å². The van der Waals surface area contributed by atoms with Crippen LogP contribution in [-0.4, -0.2) is 74.7 Å². The van der Waals surface area contributed by atoms with Crippen LogP contribution in [-0.2, 0) is 6.42 Å². The summed E-state index contributed by atoms with van der Waals surface area (Å²) in [4.78, 5) is 18.7. The average molecular weight is 628 g/mol. The van der Waals surface area contributed by atoms with E-state index in [2.05, 4.69) is 53.6 Å². The number of halogens is 2. The van der Waals surface area contributed by atoms with E-state index in [4.69, 9.17) is 16.1 Å². The molecule has 46 heavy (non-hydrogen) atoms. The molecule has 0 saturated carbocycles. The normalized spacial score (nSPS) is 22.2. The van der Waals surface area contributed by atoms with Crippen molar-refractivity contribution in [2.45, 2.75) is 89.3 Å². The third-order valence-electron chi connectivity index (χ3n) is 10.4. The summed E-state index contributed by atoms with van der Waals surface area (Å²) >= 11 is 0. The molecule has 3 atom stereocenters. The van der Waals surface area contributed by atoms with Gasteiger partial charge in [-0.15, -0.1) is 6.42 Å². The van der Waals surface area contributed by atoms with Gasteiger partial charge in [0.05, 0.1) is 16.8 Å². The fourth-order valence-electron chi connectivity index (χ4n) is 7.47. The van der Waals surface area contributed by atoms with Crippen LogP contribution in [0.3, 0.4) is 0 Å². The maximum atomic E-state index is 16.7. The number of pyridine rings is 1. The molecule has 242 valence electrons. The smallest absolute Gasteiger partial charge is 0.317 e. The van der Waals surface area contributed by atoms with E-state index in [0.29, 0.717) is 47.0 Å². The molecule has 7 nitrogen and oxygen atoms in total. The van der Waals surface area contributed by atoms with E-state index in [1.165, 1.54) is 49.9 Å². The van der Waals surface area contributed by atoms with Crippen molar-refractivity contribution in [1.82, 2.24) is 24.8 Å². The molecule has 0 aliphatic carbocycles. The van der Waals surface area contributed by atoms with E-state index in [1.807, 2.05) is 0 Å². The lowest BCUT2D eigenvalue weighted by Crippen LogP contribution is -2.43. The number of likely N-dealkylation sites (N-methyl/N-ethyl adjacent to an activating group) is 1. The van der Waals surface area contributed by atoms with Crippen LogP contribution in [0.2, 0.25) is 0 Å². The molecule has 6 rings (SSSR count). The van der Waals surface area contributed by atoms with Gasteiger partial charge in [-0.25, -0.2) is 8.78 Å². The van der Waals surface area contributed by atoms with E-state index in [1.54, 1.807) is 6.20 Å². The Balaban J connectivity index is 1.39. The first-order valence-corrected chi connectivity index (χ1v) is 16.5. The summed E-state index contributed by atoms with van der Waals surface area (Å²) < 4.78 is 37.7. The number of ether oxygens (including phenoxy) is 1. The number of phenolic OH excluding ortho intramolecular Hbond substituents is 1. The number of rotatable bonds is 10. The first-order chi connectivity index (χ1) is 22.1. The van der Waals surface area contributed by atoms with E-state index < -0.39 is 11.6 Å². The van der Waals surface area contributed by atoms with Gasteiger partial charge in [0.1, 0.15) is 29.4 Å². The molecule has 0 radical (unpaired) electrons. The lowest BCUT2D eigenvalue weighted by molar-refractivity contribution is 0.107. The number of nitrogens with zero attached hydrogens (tertiary/aromatic N) is 5. The molecule has 0 amide bonds. The minimum Gasteiger partial charge on any atom is -0.508 e. The van der Waals surface area contributed by atoms with Crippen LogP contribution >= 0.6 is 0 Å². The maximum absolute atomic E-state index is 16.7. The standard InChI is InChI=1S/C37H43F2N5O2/c1-6-10-24-14-15-25(44(24)5)11-8-12-31-29-21-40-34(28-20-26(45)19-23-13-16-30(38)27(7-2)32(23)28)33(39)35(29)42-36(41-31)46-22-37(3)17-9-18-43(37)4/h2,13,16,19-21,24-25,45H,6,8-12,14-15,17-18,22H2,1,3-5H3/t24-,25+,37-/m0/s1. The zero-order valence-electron chi connectivity index (χ0n) is 27.2. The molecule has 2 aliphatic heterocycles. The number of terminal acetylenes is 1. The molecule has 0 unspecified atom stereocenters. The first-order valence-electron chi connectivity index (χ1n) is 16.5. The van der Waals surface area contributed by atoms with Gasteiger partial charge in [-0.1, -0.05) is 25.3 Å². The average Bonchev–Trinajstić information content (AvgIpc) is 3.56. The molecule has 2 aliphatic rings. The van der Waals surface area contributed by atoms with Crippen LogP contribution in [0.1, 0.15) is 76.5 Å². The number of hydrogen-bond acceptors (Lipinski definition) is 7. The summed E-state index contributed by atoms with van der Waals surface area (Å²) in [5.74, 6) is 0.969. The van der Waals surface area contributed by atoms with Crippen molar-refractivity contribution in [3.8, 4) is 35.4 Å². The van der Waals surface area contributed by atoms with Crippen molar-refractivity contribution >= 4 is 21.7 Å². The van der Waals surface area contributed by atoms with Gasteiger partial charge in [0.2, 0.25) is 0 Å². The highest BCUT2D eigenvalue weighted by Gasteiger charge is 2.35. The van der Waals surface area contributed by atoms with Gasteiger partial charge in [-0.05, 0) is 103 Å². The first kappa shape index (κ1) is 32.1. The monoisotopic (exact) mass is 627 g/mol. The maximum Gasteiger partial charge on any atom is 0.317 e. The fourth-order valence-corrected chi connectivity index (χ4v) is 7.47. The van der Waals surface area contributed by atoms with Crippen LogP contribution in [0.4, 0.5) is 8.78 Å². The quantitative estimate of drug-likeness (QED) is 0.186. The Morgan fingerprint density at radius 1 is 1.13 bits per heavy atom. The summed E-state index contributed by atoms with van der Waals surface area (Å²) in [6.45, 7) is 5.76. The number of phenols is 1. The molecule has 2 saturated heterocycles. The second-order valence-corrected chi connectivity index (χ2v) is 13.3. The fraction of sp³-hybridized carbons (Fsp3) is 0.486. The van der Waals surface area contributed by atoms with Crippen LogP contribution < -0.4 is 4.74 Å². The molecule has 2 fully saturated rings. The summed E-state index contributed by atoms with van der Waals surface area (Å²) in [5.41, 5.74) is 0.682. The number of likely N-dealkylation sites (tertiary alicyclic amines) is 2. The number of aromatic hydroxyl groups is 1. The van der Waals surface area contributed by atoms with Crippen molar-refractivity contribution in [3.63, 3.8) is 0 Å². The molecule has 0 bridgehead atoms. The SMILES string of the molecule is C#Cc1c(F)ccc2cc(O)cc(-c3ncc4c(CCC[C@@H]5CC[C@H](CCC)N5C)nc(OC[C@]5(C)CCCN5C)nc4c3F)c12. The van der Waals surface area contributed by atoms with E-state index in [-0.39, 0.29) is 39.6 Å². The number of aryl methyl sites for hydroxylation is 1. The van der Waals surface area contributed by atoms with E-state index in [0.717, 1.165) is 32.2 Å². The van der Waals surface area contributed by atoms with Gasteiger partial charge in [-0.3, -0.25) is 9.88 Å². The summed E-state index contributed by atoms with van der Waals surface area (Å²) in [5, 5.41) is 11.8. The zero-order chi connectivity index (χ0) is 32.6. The lowest BCUT2D eigenvalue weighted by atomic mass is 9.95. The molecule has 2 aromatic carbocycles. The van der Waals surface area contributed by atoms with E-state index in [9.17, 15) is 9.50 Å². The number of hydrogen-bond donors (Lipinski definition) is 1. The minimum absolute atomic E-state index is 0.0202. The molecular weight excluding hydrogens is 584 g/mol. The van der Waals surface area contributed by atoms with Crippen LogP contribution in [0, 0.1) is 24.0 Å². The highest BCUT2D eigenvalue weighted by Crippen LogP contribution is 2.38. The topological polar surface area (TPSA) is 74.6 Å². The Kier molecular flexibility index (Phi) is 9.13. The van der Waals surface area contributed by atoms with Crippen molar-refractivity contribution in [2.75, 3.05) is 27.2 Å². The third-order valence-corrected chi connectivity index (χ3v) is 10.4. The Labute approximate surface area is 270 Å². The molecule has 2 aromatic heterocycles. The summed E-state index contributed by atoms with van der Waals surface area (Å²) in [7, 11) is 4.31. The highest BCUT2D eigenvalue weighted by molar-refractivity contribution is 6.02. The largest absolute Gasteiger partial charge is 0.508 e. The molecule has 4 aromatic rings. The molecule has 4 heterocycles. The predicted molar refractivity (Wildman–Crippen MR) is 178 cm³/mol. The number of aromatic nitrogens is 3. The molecular formula is C37H43F2N5O2. The Bertz CT molecular complexity index is 1810. The summed E-state index contributed by atoms with van der Waals surface area (Å²) in [6, 6.07) is 6.86. The second-order valence-electron chi connectivity index (χ2n) is 13.3. The van der Waals surface area contributed by atoms with Crippen LogP contribution in [0.25, 0.3) is 32.9 Å². The van der Waals surface area contributed by atoms with Crippen molar-refractivity contribution in [1.29, 1.82) is 0 Å². The van der Waals surface area contributed by atoms with Crippen molar-refractivity contribution in [2.24, 2.45) is 0 Å². The van der Waals surface area contributed by atoms with Gasteiger partial charge in [0, 0.05) is 34.6 Å². The predicted octanol–water partition coefficient (Wildman–Crippen LogP) is 7.26. The second kappa shape index (κ2) is 13.1. The number of benzene rings is 2. The van der Waals surface area contributed by atoms with Crippen LogP contribution in [0.15, 0.2) is 30.5 Å². The lowest BCUT2D eigenvalue weighted by Gasteiger charge is -2.31. The number of fused-ring (bicyclic) bond motifs is 2. The van der Waals surface area contributed by atoms with Gasteiger partial charge in [0.15, 0.2) is 5.82 Å². The molecule has 0 spiro atoms. The zero-order valence-corrected chi connectivity index (χ0v) is 27.2. The Hall–Kier alpha value is -3.87. The van der Waals surface area contributed by atoms with Crippen molar-refractivity contribution in [3.05, 3.63) is 53.4 Å². The van der Waals surface area contributed by atoms with Crippen LogP contribution in [0.5, 0.6) is 11.8 Å². The van der Waals surface area contributed by atoms with Gasteiger partial charge in [-0.2, -0.15) is 9.97 Å². The minimum atomic E-state index is -0.702. The Morgan fingerprint density at radius 3 is 2.63 bits per heavy atom. The molecule has 9 heteroatoms. The Morgan fingerprint density at radius 2 is 1.91 bits per heavy atom. The van der Waals surface area contributed by atoms with Gasteiger partial charge in [0.25, 0.3) is 0 Å². The molecule has 1 N–H and O–H groups in total. The van der Waals surface area contributed by atoms with Gasteiger partial charge < -0.3 is 14.7 Å². The van der Waals surface area contributed by atoms with Crippen molar-refractivity contribution < 1.29 is 18.6 Å². The van der Waals surface area contributed by atoms with Gasteiger partial charge >= 0.3 is 6.01 Å². The highest BCUT2D eigenvalue weighted by atomic mass is 19.1.